The van der Waals surface area contributed by atoms with Crippen LogP contribution in [0.3, 0.4) is 0 Å². The smallest absolute Gasteiger partial charge is 0.0552 e. The number of rotatable bonds is 2. The molecule has 0 bridgehead atoms. The van der Waals surface area contributed by atoms with E-state index >= 15 is 0 Å². The van der Waals surface area contributed by atoms with Gasteiger partial charge in [-0.2, -0.15) is 0 Å². The van der Waals surface area contributed by atoms with E-state index in [0.29, 0.717) is 11.5 Å². The van der Waals surface area contributed by atoms with Crippen LogP contribution in [-0.2, 0) is 0 Å². The second-order valence-electron chi connectivity index (χ2n) is 6.20. The standard InChI is InChI=1S/C15H23N3/c1-13(2)18-11-15(12-18)5-8-17(9-6-15)14-4-3-7-16-10-14/h3-4,7,10,13H,5-6,8-9,11-12H2,1-2H3. The zero-order valence-electron chi connectivity index (χ0n) is 11.5. The van der Waals surface area contributed by atoms with E-state index in [4.69, 9.17) is 0 Å². The van der Waals surface area contributed by atoms with Crippen LogP contribution in [0.5, 0.6) is 0 Å². The predicted molar refractivity (Wildman–Crippen MR) is 74.8 cm³/mol. The molecule has 0 aliphatic carbocycles. The molecule has 2 aliphatic heterocycles. The average Bonchev–Trinajstić information content (AvgIpc) is 2.37. The highest BCUT2D eigenvalue weighted by Crippen LogP contribution is 2.41. The molecule has 0 amide bonds. The van der Waals surface area contributed by atoms with Crippen molar-refractivity contribution in [2.45, 2.75) is 32.7 Å². The first-order valence-corrected chi connectivity index (χ1v) is 7.08. The van der Waals surface area contributed by atoms with Gasteiger partial charge in [0.05, 0.1) is 11.9 Å². The number of piperidine rings is 1. The SMILES string of the molecule is CC(C)N1CC2(CCN(c3cccnc3)CC2)C1. The lowest BCUT2D eigenvalue weighted by Gasteiger charge is -2.56. The van der Waals surface area contributed by atoms with Crippen molar-refractivity contribution in [2.75, 3.05) is 31.1 Å². The van der Waals surface area contributed by atoms with Gasteiger partial charge in [-0.15, -0.1) is 0 Å². The average molecular weight is 245 g/mol. The van der Waals surface area contributed by atoms with Crippen LogP contribution < -0.4 is 4.90 Å². The quantitative estimate of drug-likeness (QED) is 0.797. The molecule has 2 aliphatic rings. The normalized spacial score (nSPS) is 23.4. The molecule has 3 rings (SSSR count). The number of likely N-dealkylation sites (tertiary alicyclic amines) is 1. The van der Waals surface area contributed by atoms with Crippen molar-refractivity contribution in [2.24, 2.45) is 5.41 Å². The molecular weight excluding hydrogens is 222 g/mol. The maximum absolute atomic E-state index is 4.22. The van der Waals surface area contributed by atoms with Crippen LogP contribution in [-0.4, -0.2) is 42.1 Å². The van der Waals surface area contributed by atoms with Crippen molar-refractivity contribution >= 4 is 5.69 Å². The Bertz CT molecular complexity index is 385. The van der Waals surface area contributed by atoms with Gasteiger partial charge in [0.1, 0.15) is 0 Å². The highest BCUT2D eigenvalue weighted by Gasteiger charge is 2.45. The molecule has 0 saturated carbocycles. The van der Waals surface area contributed by atoms with Crippen molar-refractivity contribution in [3.8, 4) is 0 Å². The number of hydrogen-bond donors (Lipinski definition) is 0. The molecule has 0 radical (unpaired) electrons. The molecule has 0 aromatic carbocycles. The Hall–Kier alpha value is -1.09. The van der Waals surface area contributed by atoms with Gasteiger partial charge in [0.25, 0.3) is 0 Å². The molecule has 18 heavy (non-hydrogen) atoms. The van der Waals surface area contributed by atoms with Crippen molar-refractivity contribution in [3.63, 3.8) is 0 Å². The van der Waals surface area contributed by atoms with Crippen molar-refractivity contribution < 1.29 is 0 Å². The number of aromatic nitrogens is 1. The first-order chi connectivity index (χ1) is 8.69. The van der Waals surface area contributed by atoms with Crippen LogP contribution in [0.1, 0.15) is 26.7 Å². The summed E-state index contributed by atoms with van der Waals surface area (Å²) in [7, 11) is 0. The lowest BCUT2D eigenvalue weighted by Crippen LogP contribution is -2.62. The maximum Gasteiger partial charge on any atom is 0.0552 e. The highest BCUT2D eigenvalue weighted by molar-refractivity contribution is 5.44. The van der Waals surface area contributed by atoms with Crippen molar-refractivity contribution in [1.82, 2.24) is 9.88 Å². The number of nitrogens with zero attached hydrogens (tertiary/aromatic N) is 3. The van der Waals surface area contributed by atoms with Gasteiger partial charge in [0.2, 0.25) is 0 Å². The molecule has 0 unspecified atom stereocenters. The summed E-state index contributed by atoms with van der Waals surface area (Å²) in [4.78, 5) is 9.30. The minimum Gasteiger partial charge on any atom is -0.370 e. The van der Waals surface area contributed by atoms with Gasteiger partial charge in [0, 0.05) is 38.4 Å². The number of pyridine rings is 1. The fraction of sp³-hybridized carbons (Fsp3) is 0.667. The van der Waals surface area contributed by atoms with E-state index in [9.17, 15) is 0 Å². The van der Waals surface area contributed by atoms with E-state index in [0.717, 1.165) is 0 Å². The summed E-state index contributed by atoms with van der Waals surface area (Å²) in [6, 6.07) is 4.92. The summed E-state index contributed by atoms with van der Waals surface area (Å²) in [5.74, 6) is 0. The van der Waals surface area contributed by atoms with Crippen LogP contribution in [0, 0.1) is 5.41 Å². The van der Waals surface area contributed by atoms with Gasteiger partial charge in [-0.1, -0.05) is 0 Å². The van der Waals surface area contributed by atoms with E-state index in [1.807, 2.05) is 18.5 Å². The molecule has 1 aromatic rings. The van der Waals surface area contributed by atoms with Crippen LogP contribution in [0.2, 0.25) is 0 Å². The van der Waals surface area contributed by atoms with E-state index in [2.05, 4.69) is 34.7 Å². The summed E-state index contributed by atoms with van der Waals surface area (Å²) in [6.45, 7) is 9.61. The third-order valence-electron chi connectivity index (χ3n) is 4.64. The number of hydrogen-bond acceptors (Lipinski definition) is 3. The van der Waals surface area contributed by atoms with Crippen molar-refractivity contribution in [3.05, 3.63) is 24.5 Å². The topological polar surface area (TPSA) is 19.4 Å². The first-order valence-electron chi connectivity index (χ1n) is 7.08. The second-order valence-corrected chi connectivity index (χ2v) is 6.20. The molecule has 3 heterocycles. The van der Waals surface area contributed by atoms with E-state index in [1.165, 1.54) is 44.7 Å². The van der Waals surface area contributed by atoms with Gasteiger partial charge in [0.15, 0.2) is 0 Å². The van der Waals surface area contributed by atoms with Crippen LogP contribution in [0.4, 0.5) is 5.69 Å². The Morgan fingerprint density at radius 2 is 1.94 bits per heavy atom. The zero-order valence-corrected chi connectivity index (χ0v) is 11.5. The summed E-state index contributed by atoms with van der Waals surface area (Å²) in [5.41, 5.74) is 1.91. The van der Waals surface area contributed by atoms with E-state index in [1.54, 1.807) is 0 Å². The zero-order chi connectivity index (χ0) is 12.6. The van der Waals surface area contributed by atoms with Crippen molar-refractivity contribution in [1.29, 1.82) is 0 Å². The van der Waals surface area contributed by atoms with E-state index in [-0.39, 0.29) is 0 Å². The highest BCUT2D eigenvalue weighted by atomic mass is 15.2. The molecule has 3 nitrogen and oxygen atoms in total. The predicted octanol–water partition coefficient (Wildman–Crippen LogP) is 2.39. The fourth-order valence-corrected chi connectivity index (χ4v) is 3.28. The first kappa shape index (κ1) is 12.0. The third-order valence-corrected chi connectivity index (χ3v) is 4.64. The Morgan fingerprint density at radius 3 is 2.50 bits per heavy atom. The lowest BCUT2D eigenvalue weighted by atomic mass is 9.71. The molecular formula is C15H23N3. The summed E-state index contributed by atoms with van der Waals surface area (Å²) < 4.78 is 0. The molecule has 2 fully saturated rings. The Morgan fingerprint density at radius 1 is 1.22 bits per heavy atom. The summed E-state index contributed by atoms with van der Waals surface area (Å²) in [6.07, 6.45) is 6.51. The molecule has 2 saturated heterocycles. The van der Waals surface area contributed by atoms with Crippen LogP contribution >= 0.6 is 0 Å². The Labute approximate surface area is 110 Å². The molecule has 0 N–H and O–H groups in total. The van der Waals surface area contributed by atoms with Gasteiger partial charge < -0.3 is 4.90 Å². The maximum atomic E-state index is 4.22. The number of anilines is 1. The molecule has 1 aromatic heterocycles. The van der Waals surface area contributed by atoms with Crippen LogP contribution in [0.25, 0.3) is 0 Å². The minimum atomic E-state index is 0.628. The van der Waals surface area contributed by atoms with E-state index < -0.39 is 0 Å². The largest absolute Gasteiger partial charge is 0.370 e. The minimum absolute atomic E-state index is 0.628. The Balaban J connectivity index is 1.57. The van der Waals surface area contributed by atoms with Gasteiger partial charge in [-0.25, -0.2) is 0 Å². The van der Waals surface area contributed by atoms with Gasteiger partial charge in [-0.3, -0.25) is 9.88 Å². The second kappa shape index (κ2) is 4.54. The molecule has 3 heteroatoms. The fourth-order valence-electron chi connectivity index (χ4n) is 3.28. The summed E-state index contributed by atoms with van der Waals surface area (Å²) >= 11 is 0. The monoisotopic (exact) mass is 245 g/mol. The molecule has 98 valence electrons. The Kier molecular flexibility index (Phi) is 3.02. The summed E-state index contributed by atoms with van der Waals surface area (Å²) in [5, 5.41) is 0. The van der Waals surface area contributed by atoms with Gasteiger partial charge >= 0.3 is 0 Å². The van der Waals surface area contributed by atoms with Gasteiger partial charge in [-0.05, 0) is 44.2 Å². The molecule has 0 atom stereocenters. The molecule has 1 spiro atoms. The van der Waals surface area contributed by atoms with Crippen LogP contribution in [0.15, 0.2) is 24.5 Å². The lowest BCUT2D eigenvalue weighted by molar-refractivity contribution is -0.0380. The third kappa shape index (κ3) is 2.12.